The van der Waals surface area contributed by atoms with Crippen LogP contribution in [0.3, 0.4) is 0 Å². The lowest BCUT2D eigenvalue weighted by molar-refractivity contribution is 0.0469. The summed E-state index contributed by atoms with van der Waals surface area (Å²) in [4.78, 5) is 29.9. The molecule has 2 N–H and O–H groups in total. The summed E-state index contributed by atoms with van der Waals surface area (Å²) in [6.07, 6.45) is 1.38. The van der Waals surface area contributed by atoms with E-state index >= 15 is 0 Å². The van der Waals surface area contributed by atoms with Crippen LogP contribution >= 0.6 is 11.3 Å². The van der Waals surface area contributed by atoms with E-state index in [0.717, 1.165) is 5.69 Å². The van der Waals surface area contributed by atoms with Gasteiger partial charge in [-0.05, 0) is 24.3 Å². The maximum atomic E-state index is 12.9. The first-order chi connectivity index (χ1) is 16.6. The number of esters is 1. The largest absolute Gasteiger partial charge is 0.493 e. The molecule has 4 aromatic rings. The molecule has 1 amide bonds. The number of amides is 1. The van der Waals surface area contributed by atoms with Crippen molar-refractivity contribution < 1.29 is 28.2 Å². The number of methoxy groups -OCH3 is 2. The Balaban J connectivity index is 1.49. The normalized spacial score (nSPS) is 10.4. The van der Waals surface area contributed by atoms with E-state index in [9.17, 15) is 9.59 Å². The van der Waals surface area contributed by atoms with E-state index < -0.39 is 11.9 Å². The fraction of sp³-hybridized carbons (Fsp3) is 0.125. The Labute approximate surface area is 199 Å². The number of carbonyl (C=O) groups is 2. The summed E-state index contributed by atoms with van der Waals surface area (Å²) < 4.78 is 21.2. The molecule has 0 saturated carbocycles. The van der Waals surface area contributed by atoms with Crippen molar-refractivity contribution in [1.29, 1.82) is 0 Å². The molecule has 174 valence electrons. The lowest BCUT2D eigenvalue weighted by atomic mass is 10.1. The highest BCUT2D eigenvalue weighted by molar-refractivity contribution is 7.13. The van der Waals surface area contributed by atoms with Gasteiger partial charge in [0.25, 0.3) is 5.91 Å². The Kier molecular flexibility index (Phi) is 7.09. The van der Waals surface area contributed by atoms with E-state index in [-0.39, 0.29) is 23.6 Å². The van der Waals surface area contributed by atoms with Gasteiger partial charge in [0.1, 0.15) is 6.61 Å². The summed E-state index contributed by atoms with van der Waals surface area (Å²) in [6.45, 7) is -0.0499. The summed E-state index contributed by atoms with van der Waals surface area (Å²) in [5.41, 5.74) is 1.77. The van der Waals surface area contributed by atoms with Gasteiger partial charge in [-0.15, -0.1) is 11.3 Å². The molecule has 0 atom stereocenters. The second-order valence-corrected chi connectivity index (χ2v) is 7.75. The van der Waals surface area contributed by atoms with E-state index in [1.54, 1.807) is 11.4 Å². The van der Waals surface area contributed by atoms with Crippen molar-refractivity contribution in [2.75, 3.05) is 24.9 Å². The lowest BCUT2D eigenvalue weighted by Crippen LogP contribution is -2.16. The van der Waals surface area contributed by atoms with Crippen LogP contribution in [0, 0.1) is 0 Å². The fourth-order valence-corrected chi connectivity index (χ4v) is 3.75. The number of para-hydroxylation sites is 1. The molecule has 2 heterocycles. The SMILES string of the molecule is COc1cc(NC(=O)c2ccco2)c(C(=O)OCc2csc(Nc3ccccc3)n2)cc1OC. The predicted molar refractivity (Wildman–Crippen MR) is 127 cm³/mol. The summed E-state index contributed by atoms with van der Waals surface area (Å²) in [5, 5.41) is 8.33. The topological polar surface area (TPSA) is 112 Å². The van der Waals surface area contributed by atoms with Crippen LogP contribution in [0.15, 0.2) is 70.7 Å². The minimum absolute atomic E-state index is 0.0499. The van der Waals surface area contributed by atoms with Crippen LogP contribution in [0.5, 0.6) is 11.5 Å². The maximum Gasteiger partial charge on any atom is 0.340 e. The van der Waals surface area contributed by atoms with E-state index in [1.807, 2.05) is 30.3 Å². The van der Waals surface area contributed by atoms with Gasteiger partial charge in [0.15, 0.2) is 22.4 Å². The van der Waals surface area contributed by atoms with E-state index in [1.165, 1.54) is 50.0 Å². The summed E-state index contributed by atoms with van der Waals surface area (Å²) in [7, 11) is 2.90. The zero-order valence-corrected chi connectivity index (χ0v) is 19.2. The number of nitrogens with zero attached hydrogens (tertiary/aromatic N) is 1. The number of ether oxygens (including phenoxy) is 3. The standard InChI is InChI=1S/C24H21N3O6S/c1-30-20-11-17(18(12-21(20)31-2)27-22(28)19-9-6-10-32-19)23(29)33-13-16-14-34-24(26-16)25-15-7-4-3-5-8-15/h3-12,14H,13H2,1-2H3,(H,25,26)(H,27,28). The van der Waals surface area contributed by atoms with Crippen LogP contribution in [-0.2, 0) is 11.3 Å². The average Bonchev–Trinajstić information content (AvgIpc) is 3.55. The zero-order chi connectivity index (χ0) is 23.9. The number of rotatable bonds is 9. The number of benzene rings is 2. The highest BCUT2D eigenvalue weighted by Crippen LogP contribution is 2.34. The number of hydrogen-bond donors (Lipinski definition) is 2. The maximum absolute atomic E-state index is 12.9. The number of carbonyl (C=O) groups excluding carboxylic acids is 2. The van der Waals surface area contributed by atoms with Crippen molar-refractivity contribution in [3.8, 4) is 11.5 Å². The second kappa shape index (κ2) is 10.5. The van der Waals surface area contributed by atoms with Gasteiger partial charge in [0.2, 0.25) is 0 Å². The third-order valence-corrected chi connectivity index (χ3v) is 5.47. The van der Waals surface area contributed by atoms with E-state index in [2.05, 4.69) is 15.6 Å². The molecule has 9 nitrogen and oxygen atoms in total. The van der Waals surface area contributed by atoms with Crippen molar-refractivity contribution in [2.45, 2.75) is 6.61 Å². The van der Waals surface area contributed by atoms with Gasteiger partial charge in [-0.1, -0.05) is 18.2 Å². The number of hydrogen-bond acceptors (Lipinski definition) is 9. The fourth-order valence-electron chi connectivity index (χ4n) is 3.04. The number of furan rings is 1. The molecule has 0 radical (unpaired) electrons. The molecule has 0 saturated heterocycles. The highest BCUT2D eigenvalue weighted by atomic mass is 32.1. The summed E-state index contributed by atoms with van der Waals surface area (Å²) in [5.74, 6) is -0.447. The Morgan fingerprint density at radius 2 is 1.79 bits per heavy atom. The first kappa shape index (κ1) is 22.9. The van der Waals surface area contributed by atoms with E-state index in [4.69, 9.17) is 18.6 Å². The van der Waals surface area contributed by atoms with Crippen LogP contribution < -0.4 is 20.1 Å². The zero-order valence-electron chi connectivity index (χ0n) is 18.4. The second-order valence-electron chi connectivity index (χ2n) is 6.90. The average molecular weight is 480 g/mol. The predicted octanol–water partition coefficient (Wildman–Crippen LogP) is 5.11. The number of thiazole rings is 1. The van der Waals surface area contributed by atoms with Crippen molar-refractivity contribution in [2.24, 2.45) is 0 Å². The van der Waals surface area contributed by atoms with Crippen molar-refractivity contribution >= 4 is 39.7 Å². The first-order valence-corrected chi connectivity index (χ1v) is 11.0. The van der Waals surface area contributed by atoms with Gasteiger partial charge in [-0.25, -0.2) is 9.78 Å². The third-order valence-electron chi connectivity index (χ3n) is 4.66. The summed E-state index contributed by atoms with van der Waals surface area (Å²) in [6, 6.07) is 15.7. The molecule has 0 bridgehead atoms. The number of anilines is 3. The van der Waals surface area contributed by atoms with Gasteiger partial charge in [-0.3, -0.25) is 4.79 Å². The molecule has 4 rings (SSSR count). The Bertz CT molecular complexity index is 1270. The van der Waals surface area contributed by atoms with Gasteiger partial charge in [0, 0.05) is 23.2 Å². The smallest absolute Gasteiger partial charge is 0.340 e. The molecular formula is C24H21N3O6S. The molecule has 0 aliphatic carbocycles. The minimum Gasteiger partial charge on any atom is -0.493 e. The minimum atomic E-state index is -0.665. The monoisotopic (exact) mass is 479 g/mol. The quantitative estimate of drug-likeness (QED) is 0.319. The molecule has 0 unspecified atom stereocenters. The summed E-state index contributed by atoms with van der Waals surface area (Å²) >= 11 is 1.40. The van der Waals surface area contributed by atoms with Crippen molar-refractivity contribution in [3.63, 3.8) is 0 Å². The number of aromatic nitrogens is 1. The van der Waals surface area contributed by atoms with Crippen LogP contribution in [-0.4, -0.2) is 31.1 Å². The molecule has 34 heavy (non-hydrogen) atoms. The molecule has 10 heteroatoms. The van der Waals surface area contributed by atoms with Crippen LogP contribution in [0.4, 0.5) is 16.5 Å². The number of nitrogens with one attached hydrogen (secondary N) is 2. The Hall–Kier alpha value is -4.31. The Morgan fingerprint density at radius 3 is 2.50 bits per heavy atom. The van der Waals surface area contributed by atoms with Crippen LogP contribution in [0.1, 0.15) is 26.6 Å². The van der Waals surface area contributed by atoms with Crippen molar-refractivity contribution in [3.05, 3.63) is 83.3 Å². The van der Waals surface area contributed by atoms with Gasteiger partial charge in [-0.2, -0.15) is 0 Å². The van der Waals surface area contributed by atoms with Gasteiger partial charge in [0.05, 0.1) is 37.4 Å². The van der Waals surface area contributed by atoms with Gasteiger partial charge < -0.3 is 29.3 Å². The molecule has 2 aromatic carbocycles. The van der Waals surface area contributed by atoms with E-state index in [0.29, 0.717) is 22.3 Å². The Morgan fingerprint density at radius 1 is 1.03 bits per heavy atom. The molecular weight excluding hydrogens is 458 g/mol. The molecule has 0 aliphatic heterocycles. The first-order valence-electron chi connectivity index (χ1n) is 10.1. The third kappa shape index (κ3) is 5.36. The molecule has 0 aliphatic rings. The molecule has 0 fully saturated rings. The van der Waals surface area contributed by atoms with Crippen LogP contribution in [0.25, 0.3) is 0 Å². The molecule has 0 spiro atoms. The molecule has 2 aromatic heterocycles. The van der Waals surface area contributed by atoms with Crippen LogP contribution in [0.2, 0.25) is 0 Å². The lowest BCUT2D eigenvalue weighted by Gasteiger charge is -2.14. The van der Waals surface area contributed by atoms with Gasteiger partial charge >= 0.3 is 5.97 Å². The van der Waals surface area contributed by atoms with Crippen molar-refractivity contribution in [1.82, 2.24) is 4.98 Å². The highest BCUT2D eigenvalue weighted by Gasteiger charge is 2.21.